The Hall–Kier alpha value is -0.0800. The third-order valence-electron chi connectivity index (χ3n) is 3.52. The second kappa shape index (κ2) is 4.84. The van der Waals surface area contributed by atoms with Gasteiger partial charge in [0.15, 0.2) is 0 Å². The minimum atomic E-state index is -0.569. The molecular weight excluding hydrogens is 188 g/mol. The molecule has 2 atom stereocenters. The zero-order chi connectivity index (χ0) is 11.5. The number of hydrogen-bond acceptors (Lipinski definition) is 2. The molecule has 0 aromatic heterocycles. The summed E-state index contributed by atoms with van der Waals surface area (Å²) < 4.78 is 5.42. The van der Waals surface area contributed by atoms with Gasteiger partial charge in [-0.2, -0.15) is 0 Å². The first kappa shape index (κ1) is 13.0. The minimum absolute atomic E-state index is 0.0496. The Morgan fingerprint density at radius 2 is 2.00 bits per heavy atom. The zero-order valence-corrected chi connectivity index (χ0v) is 10.7. The van der Waals surface area contributed by atoms with E-state index >= 15 is 0 Å². The van der Waals surface area contributed by atoms with E-state index in [2.05, 4.69) is 20.8 Å². The van der Waals surface area contributed by atoms with Gasteiger partial charge in [-0.15, -0.1) is 0 Å². The summed E-state index contributed by atoms with van der Waals surface area (Å²) in [6, 6.07) is 0. The van der Waals surface area contributed by atoms with Crippen LogP contribution >= 0.6 is 0 Å². The molecule has 0 aliphatic heterocycles. The highest BCUT2D eigenvalue weighted by Gasteiger charge is 2.39. The molecule has 2 nitrogen and oxygen atoms in total. The monoisotopic (exact) mass is 214 g/mol. The molecule has 2 heteroatoms. The van der Waals surface area contributed by atoms with E-state index in [1.165, 1.54) is 6.42 Å². The molecule has 0 saturated heterocycles. The molecule has 15 heavy (non-hydrogen) atoms. The fourth-order valence-corrected chi connectivity index (χ4v) is 2.41. The van der Waals surface area contributed by atoms with E-state index in [-0.39, 0.29) is 6.10 Å². The van der Waals surface area contributed by atoms with Gasteiger partial charge in [0, 0.05) is 7.11 Å². The first-order chi connectivity index (χ1) is 6.87. The van der Waals surface area contributed by atoms with Gasteiger partial charge in [-0.05, 0) is 31.1 Å². The van der Waals surface area contributed by atoms with Crippen molar-refractivity contribution in [3.05, 3.63) is 0 Å². The van der Waals surface area contributed by atoms with Crippen molar-refractivity contribution in [2.24, 2.45) is 5.41 Å². The van der Waals surface area contributed by atoms with E-state index in [4.69, 9.17) is 4.74 Å². The van der Waals surface area contributed by atoms with Crippen molar-refractivity contribution in [1.29, 1.82) is 0 Å². The third-order valence-corrected chi connectivity index (χ3v) is 3.52. The van der Waals surface area contributed by atoms with Crippen LogP contribution in [0.2, 0.25) is 0 Å². The number of ether oxygens (including phenoxy) is 1. The maximum Gasteiger partial charge on any atom is 0.0908 e. The predicted molar refractivity (Wildman–Crippen MR) is 62.9 cm³/mol. The lowest BCUT2D eigenvalue weighted by atomic mass is 9.75. The van der Waals surface area contributed by atoms with Gasteiger partial charge in [0.2, 0.25) is 0 Å². The summed E-state index contributed by atoms with van der Waals surface area (Å²) >= 11 is 0. The molecule has 2 unspecified atom stereocenters. The first-order valence-electron chi connectivity index (χ1n) is 6.13. The van der Waals surface area contributed by atoms with Crippen LogP contribution in [0.15, 0.2) is 0 Å². The Morgan fingerprint density at radius 3 is 2.53 bits per heavy atom. The van der Waals surface area contributed by atoms with Crippen molar-refractivity contribution in [3.63, 3.8) is 0 Å². The summed E-state index contributed by atoms with van der Waals surface area (Å²) in [6.07, 6.45) is 6.22. The average Bonchev–Trinajstić information content (AvgIpc) is 2.15. The molecule has 1 aliphatic rings. The van der Waals surface area contributed by atoms with Crippen molar-refractivity contribution in [3.8, 4) is 0 Å². The standard InChI is InChI=1S/C13H26O2/c1-12(2,3)9-10-13(14)8-6-5-7-11(13)15-4/h11,14H,5-10H2,1-4H3. The molecule has 90 valence electrons. The summed E-state index contributed by atoms with van der Waals surface area (Å²) in [5.74, 6) is 0. The number of hydrogen-bond donors (Lipinski definition) is 1. The predicted octanol–water partition coefficient (Wildman–Crippen LogP) is 3.13. The lowest BCUT2D eigenvalue weighted by molar-refractivity contribution is -0.124. The van der Waals surface area contributed by atoms with Gasteiger partial charge in [-0.1, -0.05) is 33.6 Å². The molecule has 1 saturated carbocycles. The van der Waals surface area contributed by atoms with Crippen LogP contribution in [0.1, 0.15) is 59.3 Å². The van der Waals surface area contributed by atoms with E-state index in [0.29, 0.717) is 5.41 Å². The van der Waals surface area contributed by atoms with Gasteiger partial charge in [0.25, 0.3) is 0 Å². The van der Waals surface area contributed by atoms with Crippen molar-refractivity contribution in [1.82, 2.24) is 0 Å². The molecular formula is C13H26O2. The Bertz CT molecular complexity index is 195. The smallest absolute Gasteiger partial charge is 0.0908 e. The molecule has 0 amide bonds. The first-order valence-corrected chi connectivity index (χ1v) is 6.13. The van der Waals surface area contributed by atoms with Crippen LogP contribution < -0.4 is 0 Å². The molecule has 1 rings (SSSR count). The zero-order valence-electron chi connectivity index (χ0n) is 10.7. The van der Waals surface area contributed by atoms with Crippen LogP contribution in [0, 0.1) is 5.41 Å². The summed E-state index contributed by atoms with van der Waals surface area (Å²) in [4.78, 5) is 0. The lowest BCUT2D eigenvalue weighted by Crippen LogP contribution is -2.46. The van der Waals surface area contributed by atoms with Crippen molar-refractivity contribution >= 4 is 0 Å². The second-order valence-electron chi connectivity index (χ2n) is 6.13. The third kappa shape index (κ3) is 3.76. The average molecular weight is 214 g/mol. The van der Waals surface area contributed by atoms with Crippen molar-refractivity contribution in [2.75, 3.05) is 7.11 Å². The normalized spacial score (nSPS) is 33.0. The molecule has 1 N–H and O–H groups in total. The van der Waals surface area contributed by atoms with Crippen molar-refractivity contribution in [2.45, 2.75) is 71.0 Å². The molecule has 1 fully saturated rings. The molecule has 0 spiro atoms. The van der Waals surface area contributed by atoms with Crippen LogP contribution in [0.25, 0.3) is 0 Å². The van der Waals surface area contributed by atoms with Crippen LogP contribution in [-0.2, 0) is 4.74 Å². The lowest BCUT2D eigenvalue weighted by Gasteiger charge is -2.40. The van der Waals surface area contributed by atoms with E-state index < -0.39 is 5.60 Å². The molecule has 0 radical (unpaired) electrons. The molecule has 0 heterocycles. The Labute approximate surface area is 94.0 Å². The minimum Gasteiger partial charge on any atom is -0.387 e. The van der Waals surface area contributed by atoms with Crippen LogP contribution in [-0.4, -0.2) is 23.9 Å². The highest BCUT2D eigenvalue weighted by Crippen LogP contribution is 2.36. The quantitative estimate of drug-likeness (QED) is 0.782. The van der Waals surface area contributed by atoms with Gasteiger partial charge < -0.3 is 9.84 Å². The second-order valence-corrected chi connectivity index (χ2v) is 6.13. The molecule has 0 aromatic rings. The van der Waals surface area contributed by atoms with Gasteiger partial charge in [-0.25, -0.2) is 0 Å². The van der Waals surface area contributed by atoms with Crippen LogP contribution in [0.5, 0.6) is 0 Å². The van der Waals surface area contributed by atoms with E-state index in [0.717, 1.165) is 32.1 Å². The Kier molecular flexibility index (Phi) is 4.19. The number of aliphatic hydroxyl groups is 1. The molecule has 1 aliphatic carbocycles. The maximum atomic E-state index is 10.6. The molecule has 0 bridgehead atoms. The Morgan fingerprint density at radius 1 is 1.33 bits per heavy atom. The fourth-order valence-electron chi connectivity index (χ4n) is 2.41. The van der Waals surface area contributed by atoms with Gasteiger partial charge in [-0.3, -0.25) is 0 Å². The van der Waals surface area contributed by atoms with Gasteiger partial charge in [0.05, 0.1) is 11.7 Å². The van der Waals surface area contributed by atoms with E-state index in [9.17, 15) is 5.11 Å². The van der Waals surface area contributed by atoms with Crippen LogP contribution in [0.4, 0.5) is 0 Å². The largest absolute Gasteiger partial charge is 0.387 e. The highest BCUT2D eigenvalue weighted by atomic mass is 16.5. The fraction of sp³-hybridized carbons (Fsp3) is 1.00. The van der Waals surface area contributed by atoms with Crippen molar-refractivity contribution < 1.29 is 9.84 Å². The molecule has 0 aromatic carbocycles. The number of rotatable bonds is 3. The SMILES string of the molecule is COC1CCCCC1(O)CCC(C)(C)C. The van der Waals surface area contributed by atoms with E-state index in [1.807, 2.05) is 0 Å². The van der Waals surface area contributed by atoms with E-state index in [1.54, 1.807) is 7.11 Å². The maximum absolute atomic E-state index is 10.6. The topological polar surface area (TPSA) is 29.5 Å². The Balaban J connectivity index is 2.54. The van der Waals surface area contributed by atoms with Gasteiger partial charge in [0.1, 0.15) is 0 Å². The highest BCUT2D eigenvalue weighted by molar-refractivity contribution is 4.91. The summed E-state index contributed by atoms with van der Waals surface area (Å²) in [5, 5.41) is 10.6. The summed E-state index contributed by atoms with van der Waals surface area (Å²) in [5.41, 5.74) is -0.272. The summed E-state index contributed by atoms with van der Waals surface area (Å²) in [7, 11) is 1.72. The van der Waals surface area contributed by atoms with Crippen LogP contribution in [0.3, 0.4) is 0 Å². The number of methoxy groups -OCH3 is 1. The van der Waals surface area contributed by atoms with Gasteiger partial charge >= 0.3 is 0 Å². The summed E-state index contributed by atoms with van der Waals surface area (Å²) in [6.45, 7) is 6.67.